The Kier molecular flexibility index (Phi) is 3.36. The molecule has 2 rings (SSSR count). The number of anilines is 1. The Bertz CT molecular complexity index is 405. The molecule has 1 aliphatic rings. The molecule has 1 unspecified atom stereocenters. The molecule has 0 radical (unpaired) electrons. The zero-order valence-electron chi connectivity index (χ0n) is 12.0. The molecule has 102 valence electrons. The van der Waals surface area contributed by atoms with Gasteiger partial charge in [0.15, 0.2) is 0 Å². The maximum atomic E-state index is 5.53. The van der Waals surface area contributed by atoms with E-state index in [-0.39, 0.29) is 5.54 Å². The number of hydrogen-bond donors (Lipinski definition) is 2. The summed E-state index contributed by atoms with van der Waals surface area (Å²) in [6.07, 6.45) is 1.27. The smallest absolute Gasteiger partial charge is 0.315 e. The van der Waals surface area contributed by atoms with Crippen molar-refractivity contribution in [2.75, 3.05) is 11.9 Å². The maximum absolute atomic E-state index is 5.53. The van der Waals surface area contributed by atoms with Gasteiger partial charge in [0.05, 0.1) is 6.54 Å². The summed E-state index contributed by atoms with van der Waals surface area (Å²) in [5.41, 5.74) is 0.531. The van der Waals surface area contributed by atoms with Crippen LogP contribution in [0.1, 0.15) is 46.9 Å². The second kappa shape index (κ2) is 4.53. The second-order valence-corrected chi connectivity index (χ2v) is 6.88. The van der Waals surface area contributed by atoms with Crippen molar-refractivity contribution < 1.29 is 4.42 Å². The summed E-state index contributed by atoms with van der Waals surface area (Å²) in [6.45, 7) is 12.4. The fourth-order valence-electron chi connectivity index (χ4n) is 1.87. The summed E-state index contributed by atoms with van der Waals surface area (Å²) in [6, 6.07) is 0.531. The van der Waals surface area contributed by atoms with Gasteiger partial charge in [0.2, 0.25) is 5.89 Å². The van der Waals surface area contributed by atoms with Gasteiger partial charge in [-0.2, -0.15) is 0 Å². The van der Waals surface area contributed by atoms with Gasteiger partial charge in [0.25, 0.3) is 0 Å². The molecule has 1 aromatic rings. The van der Waals surface area contributed by atoms with Crippen LogP contribution in [0, 0.1) is 11.3 Å². The van der Waals surface area contributed by atoms with Gasteiger partial charge in [-0.05, 0) is 38.5 Å². The predicted molar refractivity (Wildman–Crippen MR) is 71.3 cm³/mol. The third kappa shape index (κ3) is 3.70. The lowest BCUT2D eigenvalue weighted by atomic mass is 10.1. The van der Waals surface area contributed by atoms with Crippen molar-refractivity contribution in [2.45, 2.75) is 53.1 Å². The third-order valence-corrected chi connectivity index (χ3v) is 3.45. The minimum Gasteiger partial charge on any atom is -0.407 e. The van der Waals surface area contributed by atoms with Crippen LogP contribution < -0.4 is 10.6 Å². The Morgan fingerprint density at radius 3 is 2.56 bits per heavy atom. The van der Waals surface area contributed by atoms with Gasteiger partial charge in [0.1, 0.15) is 0 Å². The Labute approximate surface area is 109 Å². The highest BCUT2D eigenvalue weighted by Crippen LogP contribution is 2.51. The van der Waals surface area contributed by atoms with Crippen LogP contribution in [-0.4, -0.2) is 22.3 Å². The Morgan fingerprint density at radius 2 is 2.00 bits per heavy atom. The first-order chi connectivity index (χ1) is 8.26. The molecule has 0 spiro atoms. The van der Waals surface area contributed by atoms with Crippen molar-refractivity contribution in [3.8, 4) is 0 Å². The van der Waals surface area contributed by atoms with Gasteiger partial charge >= 0.3 is 6.01 Å². The van der Waals surface area contributed by atoms with Crippen molar-refractivity contribution >= 4 is 6.01 Å². The highest BCUT2D eigenvalue weighted by atomic mass is 16.4. The van der Waals surface area contributed by atoms with Crippen molar-refractivity contribution in [1.29, 1.82) is 0 Å². The van der Waals surface area contributed by atoms with Crippen molar-refractivity contribution in [1.82, 2.24) is 15.5 Å². The summed E-state index contributed by atoms with van der Waals surface area (Å²) in [4.78, 5) is 0. The summed E-state index contributed by atoms with van der Waals surface area (Å²) in [7, 11) is 0. The summed E-state index contributed by atoms with van der Waals surface area (Å²) in [5.74, 6) is 1.35. The monoisotopic (exact) mass is 252 g/mol. The van der Waals surface area contributed by atoms with Crippen LogP contribution >= 0.6 is 0 Å². The van der Waals surface area contributed by atoms with E-state index in [0.717, 1.165) is 12.5 Å². The van der Waals surface area contributed by atoms with Crippen LogP contribution in [0.4, 0.5) is 6.01 Å². The van der Waals surface area contributed by atoms with Gasteiger partial charge in [-0.1, -0.05) is 18.9 Å². The van der Waals surface area contributed by atoms with Crippen LogP contribution in [-0.2, 0) is 6.54 Å². The van der Waals surface area contributed by atoms with E-state index in [1.165, 1.54) is 6.42 Å². The van der Waals surface area contributed by atoms with E-state index in [2.05, 4.69) is 55.4 Å². The first-order valence-corrected chi connectivity index (χ1v) is 6.57. The normalized spacial score (nSPS) is 21.9. The predicted octanol–water partition coefficient (Wildman–Crippen LogP) is 2.42. The van der Waals surface area contributed by atoms with Gasteiger partial charge in [-0.3, -0.25) is 0 Å². The fourth-order valence-corrected chi connectivity index (χ4v) is 1.87. The zero-order chi connectivity index (χ0) is 13.4. The summed E-state index contributed by atoms with van der Waals surface area (Å²) < 4.78 is 5.53. The van der Waals surface area contributed by atoms with Crippen molar-refractivity contribution in [3.63, 3.8) is 0 Å². The molecule has 2 N–H and O–H groups in total. The molecule has 1 aromatic heterocycles. The maximum Gasteiger partial charge on any atom is 0.315 e. The molecule has 0 amide bonds. The van der Waals surface area contributed by atoms with Gasteiger partial charge in [-0.15, -0.1) is 5.10 Å². The molecular weight excluding hydrogens is 228 g/mol. The Morgan fingerprint density at radius 1 is 1.33 bits per heavy atom. The van der Waals surface area contributed by atoms with Crippen molar-refractivity contribution in [2.24, 2.45) is 11.3 Å². The second-order valence-electron chi connectivity index (χ2n) is 6.88. The summed E-state index contributed by atoms with van der Waals surface area (Å²) in [5, 5.41) is 14.5. The zero-order valence-corrected chi connectivity index (χ0v) is 12.0. The quantitative estimate of drug-likeness (QED) is 0.842. The minimum absolute atomic E-state index is 0.0557. The molecule has 1 heterocycles. The first-order valence-electron chi connectivity index (χ1n) is 6.57. The average Bonchev–Trinajstić information content (AvgIpc) is 2.68. The van der Waals surface area contributed by atoms with Gasteiger partial charge in [0, 0.05) is 12.1 Å². The molecule has 5 nitrogen and oxygen atoms in total. The average molecular weight is 252 g/mol. The molecule has 5 heteroatoms. The third-order valence-electron chi connectivity index (χ3n) is 3.45. The molecule has 0 aromatic carbocycles. The number of aromatic nitrogens is 2. The first kappa shape index (κ1) is 13.3. The fraction of sp³-hybridized carbons (Fsp3) is 0.846. The van der Waals surface area contributed by atoms with Crippen LogP contribution in [0.3, 0.4) is 0 Å². The Balaban J connectivity index is 1.76. The minimum atomic E-state index is 0.0557. The number of hydrogen-bond acceptors (Lipinski definition) is 5. The molecule has 1 saturated carbocycles. The Hall–Kier alpha value is -1.10. The van der Waals surface area contributed by atoms with E-state index in [4.69, 9.17) is 4.42 Å². The lowest BCUT2D eigenvalue weighted by molar-refractivity contribution is 0.383. The van der Waals surface area contributed by atoms with Crippen molar-refractivity contribution in [3.05, 3.63) is 5.89 Å². The van der Waals surface area contributed by atoms with E-state index in [0.29, 0.717) is 23.9 Å². The summed E-state index contributed by atoms with van der Waals surface area (Å²) >= 11 is 0. The van der Waals surface area contributed by atoms with E-state index >= 15 is 0 Å². The van der Waals surface area contributed by atoms with E-state index < -0.39 is 0 Å². The molecule has 18 heavy (non-hydrogen) atoms. The SMILES string of the molecule is CC(C)(C)NCc1nnc(NCC2CC2(C)C)o1. The lowest BCUT2D eigenvalue weighted by Gasteiger charge is -2.18. The van der Waals surface area contributed by atoms with E-state index in [1.54, 1.807) is 0 Å². The van der Waals surface area contributed by atoms with E-state index in [9.17, 15) is 0 Å². The van der Waals surface area contributed by atoms with Gasteiger partial charge < -0.3 is 15.1 Å². The molecule has 1 aliphatic carbocycles. The molecule has 1 fully saturated rings. The topological polar surface area (TPSA) is 63.0 Å². The number of nitrogens with zero attached hydrogens (tertiary/aromatic N) is 2. The largest absolute Gasteiger partial charge is 0.407 e. The highest BCUT2D eigenvalue weighted by Gasteiger charge is 2.45. The lowest BCUT2D eigenvalue weighted by Crippen LogP contribution is -2.35. The standard InChI is InChI=1S/C13H24N4O/c1-12(2,3)15-8-10-16-17-11(18-10)14-7-9-6-13(9,4)5/h9,15H,6-8H2,1-5H3,(H,14,17). The molecule has 1 atom stereocenters. The number of rotatable bonds is 5. The highest BCUT2D eigenvalue weighted by molar-refractivity contribution is 5.19. The molecular formula is C13H24N4O. The van der Waals surface area contributed by atoms with Crippen LogP contribution in [0.15, 0.2) is 4.42 Å². The van der Waals surface area contributed by atoms with Gasteiger partial charge in [-0.25, -0.2) is 0 Å². The molecule has 0 bridgehead atoms. The molecule has 0 saturated heterocycles. The van der Waals surface area contributed by atoms with Crippen LogP contribution in [0.5, 0.6) is 0 Å². The van der Waals surface area contributed by atoms with E-state index in [1.807, 2.05) is 0 Å². The van der Waals surface area contributed by atoms with Crippen LogP contribution in [0.25, 0.3) is 0 Å². The number of nitrogens with one attached hydrogen (secondary N) is 2. The van der Waals surface area contributed by atoms with Crippen LogP contribution in [0.2, 0.25) is 0 Å². The molecule has 0 aliphatic heterocycles.